The monoisotopic (exact) mass is 242 g/mol. The van der Waals surface area contributed by atoms with Gasteiger partial charge in [-0.2, -0.15) is 0 Å². The highest BCUT2D eigenvalue weighted by atomic mass is 16.7. The molecule has 5 heteroatoms. The van der Waals surface area contributed by atoms with Crippen molar-refractivity contribution in [3.05, 3.63) is 73.1 Å². The van der Waals surface area contributed by atoms with E-state index in [0.717, 1.165) is 0 Å². The van der Waals surface area contributed by atoms with Gasteiger partial charge in [0.05, 0.1) is 6.21 Å². The first-order chi connectivity index (χ1) is 9.00. The molecule has 0 aromatic rings. The molecule has 0 spiro atoms. The molecule has 0 aromatic heterocycles. The predicted octanol–water partition coefficient (Wildman–Crippen LogP) is 3.17. The molecule has 0 radical (unpaired) electrons. The summed E-state index contributed by atoms with van der Waals surface area (Å²) in [5.41, 5.74) is 2.25. The SMILES string of the molecule is C1=C\C=C\C=C/C=C/C=N/N=N\NO\C=C\C=C/1. The molecule has 1 N–H and O–H groups in total. The summed E-state index contributed by atoms with van der Waals surface area (Å²) in [4.78, 5) is 4.80. The van der Waals surface area contributed by atoms with Crippen molar-refractivity contribution in [3.63, 3.8) is 0 Å². The lowest BCUT2D eigenvalue weighted by molar-refractivity contribution is 0.130. The summed E-state index contributed by atoms with van der Waals surface area (Å²) in [6.07, 6.45) is 23.4. The van der Waals surface area contributed by atoms with Crippen LogP contribution in [0.3, 0.4) is 0 Å². The van der Waals surface area contributed by atoms with Gasteiger partial charge in [-0.1, -0.05) is 54.7 Å². The van der Waals surface area contributed by atoms with E-state index < -0.39 is 0 Å². The normalized spacial score (nSPS) is 30.2. The zero-order chi connectivity index (χ0) is 12.7. The van der Waals surface area contributed by atoms with Crippen molar-refractivity contribution in [2.24, 2.45) is 15.5 Å². The van der Waals surface area contributed by atoms with Crippen LogP contribution >= 0.6 is 0 Å². The molecule has 0 amide bonds. The van der Waals surface area contributed by atoms with Gasteiger partial charge in [0.1, 0.15) is 6.26 Å². The largest absolute Gasteiger partial charge is 0.372 e. The highest BCUT2D eigenvalue weighted by Gasteiger charge is 1.71. The van der Waals surface area contributed by atoms with E-state index in [0.29, 0.717) is 0 Å². The average Bonchev–Trinajstić information content (AvgIpc) is 2.39. The van der Waals surface area contributed by atoms with E-state index in [4.69, 9.17) is 4.84 Å². The van der Waals surface area contributed by atoms with E-state index in [1.54, 1.807) is 12.2 Å². The molecule has 1 heterocycles. The smallest absolute Gasteiger partial charge is 0.121 e. The van der Waals surface area contributed by atoms with Gasteiger partial charge >= 0.3 is 0 Å². The van der Waals surface area contributed by atoms with Gasteiger partial charge in [-0.3, -0.25) is 0 Å². The summed E-state index contributed by atoms with van der Waals surface area (Å²) in [7, 11) is 0. The fourth-order valence-corrected chi connectivity index (χ4v) is 0.878. The summed E-state index contributed by atoms with van der Waals surface area (Å²) in [5, 5.41) is 10.5. The quantitative estimate of drug-likeness (QED) is 0.709. The molecule has 0 aromatic carbocycles. The molecular formula is C13H14N4O. The molecule has 0 atom stereocenters. The van der Waals surface area contributed by atoms with Gasteiger partial charge < -0.3 is 4.84 Å². The van der Waals surface area contributed by atoms with Gasteiger partial charge in [-0.15, -0.1) is 10.7 Å². The van der Waals surface area contributed by atoms with E-state index in [1.807, 2.05) is 54.7 Å². The summed E-state index contributed by atoms with van der Waals surface area (Å²) in [5.74, 6) is 0. The van der Waals surface area contributed by atoms with E-state index in [-0.39, 0.29) is 0 Å². The van der Waals surface area contributed by atoms with Crippen molar-refractivity contribution < 1.29 is 4.84 Å². The molecule has 1 aliphatic heterocycles. The van der Waals surface area contributed by atoms with E-state index in [9.17, 15) is 0 Å². The van der Waals surface area contributed by atoms with Crippen LogP contribution in [0.5, 0.6) is 0 Å². The number of hydrogen-bond acceptors (Lipinski definition) is 5. The Morgan fingerprint density at radius 3 is 1.89 bits per heavy atom. The first-order valence-electron chi connectivity index (χ1n) is 5.32. The van der Waals surface area contributed by atoms with Crippen LogP contribution < -0.4 is 5.59 Å². The van der Waals surface area contributed by atoms with Gasteiger partial charge in [0.25, 0.3) is 0 Å². The Kier molecular flexibility index (Phi) is 8.04. The van der Waals surface area contributed by atoms with Crippen LogP contribution in [0.2, 0.25) is 0 Å². The standard InChI is InChI=1S/C13H14N4O/c1-2-4-6-8-10-12-14-15-16-17-18-13-11-9-7-5-3-1/h1-13H,(H,15,17)/b2-1+,5-3-,6-4-,9-7-,10-8+,13-11+,14-12+. The molecule has 0 saturated heterocycles. The third-order valence-corrected chi connectivity index (χ3v) is 1.60. The Morgan fingerprint density at radius 2 is 1.22 bits per heavy atom. The Labute approximate surface area is 106 Å². The Hall–Kier alpha value is -2.69. The molecule has 1 rings (SSSR count). The third-order valence-electron chi connectivity index (χ3n) is 1.60. The van der Waals surface area contributed by atoms with Gasteiger partial charge in [0.2, 0.25) is 0 Å². The summed E-state index contributed by atoms with van der Waals surface area (Å²) in [6.45, 7) is 0. The van der Waals surface area contributed by atoms with E-state index in [2.05, 4.69) is 21.1 Å². The molecule has 0 unspecified atom stereocenters. The number of nitrogens with zero attached hydrogens (tertiary/aromatic N) is 3. The summed E-state index contributed by atoms with van der Waals surface area (Å²) < 4.78 is 0. The van der Waals surface area contributed by atoms with Gasteiger partial charge in [0, 0.05) is 0 Å². The van der Waals surface area contributed by atoms with Crippen LogP contribution in [0.15, 0.2) is 88.6 Å². The number of nitrogens with one attached hydrogen (secondary N) is 1. The molecular weight excluding hydrogens is 228 g/mol. The number of rotatable bonds is 0. The predicted molar refractivity (Wildman–Crippen MR) is 72.4 cm³/mol. The lowest BCUT2D eigenvalue weighted by Crippen LogP contribution is -1.98. The minimum Gasteiger partial charge on any atom is -0.372 e. The maximum absolute atomic E-state index is 4.80. The molecule has 0 fully saturated rings. The second-order valence-electron chi connectivity index (χ2n) is 2.92. The summed E-state index contributed by atoms with van der Waals surface area (Å²) in [6, 6.07) is 0. The number of allylic oxidation sites excluding steroid dienone is 11. The second-order valence-corrected chi connectivity index (χ2v) is 2.92. The second kappa shape index (κ2) is 10.8. The van der Waals surface area contributed by atoms with E-state index in [1.165, 1.54) is 12.5 Å². The van der Waals surface area contributed by atoms with Crippen molar-refractivity contribution in [3.8, 4) is 0 Å². The molecule has 1 aliphatic rings. The molecule has 0 aliphatic carbocycles. The van der Waals surface area contributed by atoms with Crippen molar-refractivity contribution >= 4 is 6.21 Å². The van der Waals surface area contributed by atoms with E-state index >= 15 is 0 Å². The lowest BCUT2D eigenvalue weighted by atomic mass is 10.3. The van der Waals surface area contributed by atoms with Crippen molar-refractivity contribution in [2.75, 3.05) is 0 Å². The minimum atomic E-state index is 1.44. The van der Waals surface area contributed by atoms with Crippen LogP contribution in [0.4, 0.5) is 0 Å². The fourth-order valence-electron chi connectivity index (χ4n) is 0.878. The van der Waals surface area contributed by atoms with Crippen LogP contribution in [-0.2, 0) is 4.84 Å². The summed E-state index contributed by atoms with van der Waals surface area (Å²) >= 11 is 0. The zero-order valence-electron chi connectivity index (χ0n) is 9.76. The van der Waals surface area contributed by atoms with Gasteiger partial charge in [-0.25, -0.2) is 0 Å². The Morgan fingerprint density at radius 1 is 0.667 bits per heavy atom. The Balaban J connectivity index is 2.58. The van der Waals surface area contributed by atoms with Crippen molar-refractivity contribution in [1.82, 2.24) is 5.59 Å². The molecule has 5 nitrogen and oxygen atoms in total. The first kappa shape index (κ1) is 13.4. The topological polar surface area (TPSA) is 58.3 Å². The first-order valence-corrected chi connectivity index (χ1v) is 5.32. The maximum Gasteiger partial charge on any atom is 0.121 e. The van der Waals surface area contributed by atoms with Gasteiger partial charge in [-0.05, 0) is 22.6 Å². The maximum atomic E-state index is 4.80. The molecule has 18 heavy (non-hydrogen) atoms. The van der Waals surface area contributed by atoms with Crippen LogP contribution in [0.25, 0.3) is 0 Å². The van der Waals surface area contributed by atoms with Gasteiger partial charge in [0.15, 0.2) is 0 Å². The van der Waals surface area contributed by atoms with Crippen LogP contribution in [-0.4, -0.2) is 6.21 Å². The highest BCUT2D eigenvalue weighted by Crippen LogP contribution is 1.85. The van der Waals surface area contributed by atoms with Crippen molar-refractivity contribution in [2.45, 2.75) is 0 Å². The Bertz CT molecular complexity index is 398. The number of hydrogen-bond donors (Lipinski definition) is 1. The molecule has 0 bridgehead atoms. The third kappa shape index (κ3) is 8.60. The lowest BCUT2D eigenvalue weighted by Gasteiger charge is -1.91. The van der Waals surface area contributed by atoms with Crippen LogP contribution in [0.1, 0.15) is 0 Å². The fraction of sp³-hybridized carbons (Fsp3) is 0. The molecule has 92 valence electrons. The minimum absolute atomic E-state index is 1.44. The average molecular weight is 242 g/mol. The van der Waals surface area contributed by atoms with Crippen molar-refractivity contribution in [1.29, 1.82) is 0 Å². The van der Waals surface area contributed by atoms with Crippen LogP contribution in [0, 0.1) is 0 Å². The zero-order valence-corrected chi connectivity index (χ0v) is 9.76. The highest BCUT2D eigenvalue weighted by molar-refractivity contribution is 5.71. The molecule has 0 saturated carbocycles.